The minimum Gasteiger partial charge on any atom is -0.335 e. The predicted molar refractivity (Wildman–Crippen MR) is 91.6 cm³/mol. The first-order chi connectivity index (χ1) is 10.6. The Hall–Kier alpha value is -1.92. The minimum absolute atomic E-state index is 0. The molecule has 0 spiro atoms. The summed E-state index contributed by atoms with van der Waals surface area (Å²) in [6, 6.07) is 6.64. The molecule has 1 aromatic rings. The molecule has 0 radical (unpaired) electrons. The largest absolute Gasteiger partial charge is 0.335 e. The van der Waals surface area contributed by atoms with Gasteiger partial charge in [0.15, 0.2) is 0 Å². The monoisotopic (exact) mass is 339 g/mol. The number of non-ortho nitro benzene ring substituents is 1. The molecule has 1 fully saturated rings. The molecule has 1 aliphatic heterocycles. The Morgan fingerprint density at radius 1 is 1.52 bits per heavy atom. The Morgan fingerprint density at radius 2 is 2.30 bits per heavy atom. The van der Waals surface area contributed by atoms with Gasteiger partial charge in [-0.25, -0.2) is 0 Å². The molecule has 1 aromatic carbocycles. The first-order valence-electron chi connectivity index (χ1n) is 7.45. The third-order valence-corrected chi connectivity index (χ3v) is 3.78. The van der Waals surface area contributed by atoms with Crippen molar-refractivity contribution in [3.8, 4) is 0 Å². The molecule has 1 heterocycles. The molecule has 2 rings (SSSR count). The second-order valence-electron chi connectivity index (χ2n) is 5.49. The Balaban J connectivity index is 0.00000264. The molecule has 7 heteroatoms. The third kappa shape index (κ3) is 5.65. The standard InChI is InChI=1S/C16H21N3O3.ClH/c1-2-9-18(16(20)11-14-6-4-8-17-14)12-13-5-3-7-15(10-13)19(21)22;/h2-3,5,7,10,14,17H,1,4,6,8-9,11-12H2;1H. The average Bonchev–Trinajstić information content (AvgIpc) is 3.00. The quantitative estimate of drug-likeness (QED) is 0.471. The molecule has 23 heavy (non-hydrogen) atoms. The number of carbonyl (C=O) groups is 1. The van der Waals surface area contributed by atoms with Crippen LogP contribution >= 0.6 is 12.4 Å². The molecule has 1 unspecified atom stereocenters. The number of benzene rings is 1. The first kappa shape index (κ1) is 19.1. The van der Waals surface area contributed by atoms with Crippen molar-refractivity contribution in [2.45, 2.75) is 31.8 Å². The number of halogens is 1. The van der Waals surface area contributed by atoms with Crippen LogP contribution in [0.15, 0.2) is 36.9 Å². The summed E-state index contributed by atoms with van der Waals surface area (Å²) in [6.45, 7) is 5.45. The van der Waals surface area contributed by atoms with Gasteiger partial charge in [0.05, 0.1) is 4.92 Å². The molecule has 1 amide bonds. The molecule has 0 bridgehead atoms. The van der Waals surface area contributed by atoms with E-state index in [4.69, 9.17) is 0 Å². The van der Waals surface area contributed by atoms with Gasteiger partial charge in [0.1, 0.15) is 0 Å². The van der Waals surface area contributed by atoms with E-state index in [9.17, 15) is 14.9 Å². The summed E-state index contributed by atoms with van der Waals surface area (Å²) >= 11 is 0. The lowest BCUT2D eigenvalue weighted by Gasteiger charge is -2.23. The number of nitrogens with zero attached hydrogens (tertiary/aromatic N) is 2. The number of hydrogen-bond donors (Lipinski definition) is 1. The molecule has 126 valence electrons. The van der Waals surface area contributed by atoms with E-state index in [1.54, 1.807) is 23.1 Å². The summed E-state index contributed by atoms with van der Waals surface area (Å²) in [7, 11) is 0. The van der Waals surface area contributed by atoms with Crippen LogP contribution in [0.1, 0.15) is 24.8 Å². The van der Waals surface area contributed by atoms with Crippen LogP contribution in [0, 0.1) is 10.1 Å². The van der Waals surface area contributed by atoms with Crippen LogP contribution in [0.3, 0.4) is 0 Å². The van der Waals surface area contributed by atoms with Crippen LogP contribution < -0.4 is 5.32 Å². The van der Waals surface area contributed by atoms with Gasteiger partial charge in [-0.2, -0.15) is 0 Å². The highest BCUT2D eigenvalue weighted by atomic mass is 35.5. The zero-order chi connectivity index (χ0) is 15.9. The molecule has 1 saturated heterocycles. The maximum atomic E-state index is 12.4. The smallest absolute Gasteiger partial charge is 0.269 e. The van der Waals surface area contributed by atoms with Gasteiger partial charge in [-0.15, -0.1) is 19.0 Å². The van der Waals surface area contributed by atoms with Crippen LogP contribution in [-0.2, 0) is 11.3 Å². The lowest BCUT2D eigenvalue weighted by Crippen LogP contribution is -2.35. The predicted octanol–water partition coefficient (Wildman–Crippen LogP) is 2.67. The second-order valence-corrected chi connectivity index (χ2v) is 5.49. The molecule has 0 aliphatic carbocycles. The van der Waals surface area contributed by atoms with Crippen LogP contribution in [0.5, 0.6) is 0 Å². The maximum absolute atomic E-state index is 12.4. The summed E-state index contributed by atoms with van der Waals surface area (Å²) in [5, 5.41) is 14.1. The lowest BCUT2D eigenvalue weighted by atomic mass is 10.1. The summed E-state index contributed by atoms with van der Waals surface area (Å²) in [6.07, 6.45) is 4.26. The zero-order valence-corrected chi connectivity index (χ0v) is 13.8. The van der Waals surface area contributed by atoms with E-state index in [0.717, 1.165) is 24.9 Å². The fourth-order valence-corrected chi connectivity index (χ4v) is 2.67. The van der Waals surface area contributed by atoms with Gasteiger partial charge in [0.25, 0.3) is 5.69 Å². The number of carbonyl (C=O) groups excluding carboxylic acids is 1. The van der Waals surface area contributed by atoms with E-state index < -0.39 is 4.92 Å². The van der Waals surface area contributed by atoms with Crippen molar-refractivity contribution >= 4 is 24.0 Å². The number of nitro benzene ring substituents is 1. The number of hydrogen-bond acceptors (Lipinski definition) is 4. The first-order valence-corrected chi connectivity index (χ1v) is 7.45. The van der Waals surface area contributed by atoms with Crippen molar-refractivity contribution in [1.82, 2.24) is 10.2 Å². The van der Waals surface area contributed by atoms with E-state index in [-0.39, 0.29) is 30.0 Å². The van der Waals surface area contributed by atoms with Crippen molar-refractivity contribution in [2.24, 2.45) is 0 Å². The van der Waals surface area contributed by atoms with E-state index >= 15 is 0 Å². The van der Waals surface area contributed by atoms with Crippen molar-refractivity contribution in [3.63, 3.8) is 0 Å². The van der Waals surface area contributed by atoms with Gasteiger partial charge in [-0.1, -0.05) is 18.2 Å². The summed E-state index contributed by atoms with van der Waals surface area (Å²) in [4.78, 5) is 24.5. The van der Waals surface area contributed by atoms with Crippen LogP contribution in [0.2, 0.25) is 0 Å². The molecule has 1 N–H and O–H groups in total. The van der Waals surface area contributed by atoms with E-state index in [1.165, 1.54) is 12.1 Å². The maximum Gasteiger partial charge on any atom is 0.269 e. The van der Waals surface area contributed by atoms with E-state index in [0.29, 0.717) is 19.5 Å². The number of amides is 1. The van der Waals surface area contributed by atoms with Gasteiger partial charge in [-0.3, -0.25) is 14.9 Å². The van der Waals surface area contributed by atoms with Crippen molar-refractivity contribution in [1.29, 1.82) is 0 Å². The number of nitrogens with one attached hydrogen (secondary N) is 1. The Kier molecular flexibility index (Phi) is 7.71. The van der Waals surface area contributed by atoms with E-state index in [2.05, 4.69) is 11.9 Å². The van der Waals surface area contributed by atoms with Crippen molar-refractivity contribution in [2.75, 3.05) is 13.1 Å². The van der Waals surface area contributed by atoms with Crippen LogP contribution in [-0.4, -0.2) is 34.9 Å². The lowest BCUT2D eigenvalue weighted by molar-refractivity contribution is -0.384. The highest BCUT2D eigenvalue weighted by Crippen LogP contribution is 2.16. The van der Waals surface area contributed by atoms with Crippen LogP contribution in [0.4, 0.5) is 5.69 Å². The fraction of sp³-hybridized carbons (Fsp3) is 0.438. The molecule has 0 aromatic heterocycles. The number of nitro groups is 1. The highest BCUT2D eigenvalue weighted by molar-refractivity contribution is 5.85. The Bertz CT molecular complexity index is 559. The van der Waals surface area contributed by atoms with Crippen molar-refractivity contribution in [3.05, 3.63) is 52.6 Å². The van der Waals surface area contributed by atoms with Crippen LogP contribution in [0.25, 0.3) is 0 Å². The van der Waals surface area contributed by atoms with Gasteiger partial charge in [-0.05, 0) is 24.9 Å². The fourth-order valence-electron chi connectivity index (χ4n) is 2.67. The molecule has 1 aliphatic rings. The topological polar surface area (TPSA) is 75.5 Å². The third-order valence-electron chi connectivity index (χ3n) is 3.78. The SMILES string of the molecule is C=CCN(Cc1cccc([N+](=O)[O-])c1)C(=O)CC1CCCN1.Cl. The molecular weight excluding hydrogens is 318 g/mol. The van der Waals surface area contributed by atoms with E-state index in [1.807, 2.05) is 0 Å². The summed E-state index contributed by atoms with van der Waals surface area (Å²) in [5.74, 6) is 0.0470. The molecule has 1 atom stereocenters. The normalized spacial score (nSPS) is 16.4. The Morgan fingerprint density at radius 3 is 2.91 bits per heavy atom. The summed E-state index contributed by atoms with van der Waals surface area (Å²) < 4.78 is 0. The summed E-state index contributed by atoms with van der Waals surface area (Å²) in [5.41, 5.74) is 0.796. The minimum atomic E-state index is -0.425. The van der Waals surface area contributed by atoms with Crippen molar-refractivity contribution < 1.29 is 9.72 Å². The Labute approximate surface area is 142 Å². The van der Waals surface area contributed by atoms with Gasteiger partial charge < -0.3 is 10.2 Å². The average molecular weight is 340 g/mol. The highest BCUT2D eigenvalue weighted by Gasteiger charge is 2.21. The number of rotatable bonds is 7. The second kappa shape index (κ2) is 9.27. The molecule has 0 saturated carbocycles. The van der Waals surface area contributed by atoms with Gasteiger partial charge >= 0.3 is 0 Å². The zero-order valence-electron chi connectivity index (χ0n) is 12.9. The molecular formula is C16H22ClN3O3. The van der Waals surface area contributed by atoms with Gasteiger partial charge in [0, 0.05) is 37.7 Å². The van der Waals surface area contributed by atoms with Gasteiger partial charge in [0.2, 0.25) is 5.91 Å². The molecule has 6 nitrogen and oxygen atoms in total.